The van der Waals surface area contributed by atoms with Crippen LogP contribution in [-0.4, -0.2) is 32.0 Å². The Labute approximate surface area is 175 Å². The Balaban J connectivity index is 1.64. The van der Waals surface area contributed by atoms with Crippen LogP contribution in [0, 0.1) is 6.92 Å². The fourth-order valence-electron chi connectivity index (χ4n) is 3.35. The van der Waals surface area contributed by atoms with Crippen LogP contribution in [0.15, 0.2) is 47.8 Å². The Morgan fingerprint density at radius 2 is 2.03 bits per heavy atom. The van der Waals surface area contributed by atoms with E-state index in [2.05, 4.69) is 33.3 Å². The number of hydrogen-bond acceptors (Lipinski definition) is 5. The van der Waals surface area contributed by atoms with Crippen molar-refractivity contribution in [3.05, 3.63) is 59.8 Å². The maximum Gasteiger partial charge on any atom is 0.433 e. The van der Waals surface area contributed by atoms with E-state index >= 15 is 0 Å². The SMILES string of the molecule is CCc1ccc2n[nH]c(C)c2c1N(C)Sc1cnn(-c2ccnc(C(F)(F)F)c2)c1. The zero-order valence-corrected chi connectivity index (χ0v) is 17.3. The van der Waals surface area contributed by atoms with Crippen LogP contribution in [0.2, 0.25) is 0 Å². The predicted octanol–water partition coefficient (Wildman–Crippen LogP) is 5.18. The van der Waals surface area contributed by atoms with Gasteiger partial charge in [0.25, 0.3) is 0 Å². The lowest BCUT2D eigenvalue weighted by molar-refractivity contribution is -0.141. The van der Waals surface area contributed by atoms with E-state index in [1.54, 1.807) is 12.4 Å². The number of rotatable bonds is 5. The number of pyridine rings is 1. The first-order valence-electron chi connectivity index (χ1n) is 9.24. The van der Waals surface area contributed by atoms with Crippen LogP contribution in [0.5, 0.6) is 0 Å². The van der Waals surface area contributed by atoms with E-state index in [0.717, 1.165) is 45.9 Å². The number of alkyl halides is 3. The Hall–Kier alpha value is -3.01. The number of nitrogens with zero attached hydrogens (tertiary/aromatic N) is 5. The van der Waals surface area contributed by atoms with E-state index < -0.39 is 11.9 Å². The maximum absolute atomic E-state index is 12.9. The zero-order valence-electron chi connectivity index (χ0n) is 16.5. The molecule has 6 nitrogen and oxygen atoms in total. The summed E-state index contributed by atoms with van der Waals surface area (Å²) in [6.07, 6.45) is 0.818. The number of aryl methyl sites for hydroxylation is 2. The third kappa shape index (κ3) is 3.74. The highest BCUT2D eigenvalue weighted by molar-refractivity contribution is 8.00. The first-order valence-corrected chi connectivity index (χ1v) is 10.0. The molecule has 0 fully saturated rings. The topological polar surface area (TPSA) is 62.6 Å². The summed E-state index contributed by atoms with van der Waals surface area (Å²) in [6.45, 7) is 4.08. The van der Waals surface area contributed by atoms with Gasteiger partial charge in [0.15, 0.2) is 0 Å². The fourth-order valence-corrected chi connectivity index (χ4v) is 4.20. The molecule has 0 aliphatic heterocycles. The number of benzene rings is 1. The van der Waals surface area contributed by atoms with E-state index in [1.807, 2.05) is 24.3 Å². The molecule has 156 valence electrons. The average Bonchev–Trinajstić information content (AvgIpc) is 3.33. The predicted molar refractivity (Wildman–Crippen MR) is 111 cm³/mol. The molecular formula is C20H19F3N6S. The molecule has 0 atom stereocenters. The summed E-state index contributed by atoms with van der Waals surface area (Å²) in [5.74, 6) is 0. The zero-order chi connectivity index (χ0) is 21.5. The second-order valence-electron chi connectivity index (χ2n) is 6.78. The fraction of sp³-hybridized carbons (Fsp3) is 0.250. The summed E-state index contributed by atoms with van der Waals surface area (Å²) >= 11 is 1.45. The van der Waals surface area contributed by atoms with Crippen LogP contribution in [0.1, 0.15) is 23.9 Å². The van der Waals surface area contributed by atoms with Gasteiger partial charge in [-0.2, -0.15) is 23.4 Å². The van der Waals surface area contributed by atoms with Gasteiger partial charge < -0.3 is 4.31 Å². The van der Waals surface area contributed by atoms with Gasteiger partial charge in [-0.05, 0) is 49.1 Å². The van der Waals surface area contributed by atoms with Crippen molar-refractivity contribution >= 4 is 28.5 Å². The number of anilines is 1. The molecule has 0 aliphatic rings. The van der Waals surface area contributed by atoms with Crippen LogP contribution in [-0.2, 0) is 12.6 Å². The number of aromatic nitrogens is 5. The van der Waals surface area contributed by atoms with Gasteiger partial charge in [-0.15, -0.1) is 0 Å². The van der Waals surface area contributed by atoms with Gasteiger partial charge >= 0.3 is 6.18 Å². The minimum atomic E-state index is -4.50. The lowest BCUT2D eigenvalue weighted by Crippen LogP contribution is -2.09. The van der Waals surface area contributed by atoms with Crippen LogP contribution >= 0.6 is 11.9 Å². The Morgan fingerprint density at radius 1 is 1.23 bits per heavy atom. The van der Waals surface area contributed by atoms with Crippen molar-refractivity contribution in [3.8, 4) is 5.69 Å². The molecule has 0 amide bonds. The van der Waals surface area contributed by atoms with Crippen molar-refractivity contribution in [3.63, 3.8) is 0 Å². The Kier molecular flexibility index (Phi) is 5.19. The molecule has 10 heteroatoms. The summed E-state index contributed by atoms with van der Waals surface area (Å²) in [7, 11) is 1.95. The average molecular weight is 432 g/mol. The van der Waals surface area contributed by atoms with Crippen molar-refractivity contribution in [2.24, 2.45) is 0 Å². The first-order chi connectivity index (χ1) is 14.3. The number of H-pyrrole nitrogens is 1. The lowest BCUT2D eigenvalue weighted by atomic mass is 10.1. The standard InChI is InChI=1S/C20H19F3N6S/c1-4-13-5-6-16-18(12(2)26-27-16)19(13)28(3)30-15-10-25-29(11-15)14-7-8-24-17(9-14)20(21,22)23/h5-11H,4H2,1-3H3,(H,26,27). The van der Waals surface area contributed by atoms with E-state index in [9.17, 15) is 13.2 Å². The molecule has 0 unspecified atom stereocenters. The van der Waals surface area contributed by atoms with Gasteiger partial charge in [-0.1, -0.05) is 13.0 Å². The normalized spacial score (nSPS) is 11.9. The number of aromatic amines is 1. The third-order valence-electron chi connectivity index (χ3n) is 4.75. The van der Waals surface area contributed by atoms with E-state index in [4.69, 9.17) is 0 Å². The number of hydrogen-bond donors (Lipinski definition) is 1. The lowest BCUT2D eigenvalue weighted by Gasteiger charge is -2.21. The van der Waals surface area contributed by atoms with Crippen LogP contribution in [0.3, 0.4) is 0 Å². The summed E-state index contributed by atoms with van der Waals surface area (Å²) < 4.78 is 42.3. The van der Waals surface area contributed by atoms with Crippen molar-refractivity contribution in [2.45, 2.75) is 31.3 Å². The molecule has 30 heavy (non-hydrogen) atoms. The summed E-state index contributed by atoms with van der Waals surface area (Å²) in [5, 5.41) is 12.7. The quantitative estimate of drug-likeness (QED) is 0.441. The minimum Gasteiger partial charge on any atom is -0.314 e. The minimum absolute atomic E-state index is 0.300. The van der Waals surface area contributed by atoms with Gasteiger partial charge in [0.1, 0.15) is 5.69 Å². The summed E-state index contributed by atoms with van der Waals surface area (Å²) in [6, 6.07) is 6.54. The monoisotopic (exact) mass is 432 g/mol. The van der Waals surface area contributed by atoms with Gasteiger partial charge in [0, 0.05) is 30.5 Å². The number of halogens is 3. The van der Waals surface area contributed by atoms with Crippen molar-refractivity contribution in [1.82, 2.24) is 25.0 Å². The molecule has 1 N–H and O–H groups in total. The Morgan fingerprint density at radius 3 is 2.77 bits per heavy atom. The largest absolute Gasteiger partial charge is 0.433 e. The summed E-state index contributed by atoms with van der Waals surface area (Å²) in [5.41, 5.74) is 3.46. The highest BCUT2D eigenvalue weighted by Crippen LogP contribution is 2.37. The van der Waals surface area contributed by atoms with Crippen molar-refractivity contribution in [1.29, 1.82) is 0 Å². The molecule has 4 aromatic rings. The van der Waals surface area contributed by atoms with Crippen molar-refractivity contribution in [2.75, 3.05) is 11.4 Å². The molecule has 0 bridgehead atoms. The maximum atomic E-state index is 12.9. The second kappa shape index (κ2) is 7.67. The van der Waals surface area contributed by atoms with Crippen LogP contribution in [0.25, 0.3) is 16.6 Å². The van der Waals surface area contributed by atoms with E-state index in [-0.39, 0.29) is 0 Å². The molecule has 1 aromatic carbocycles. The molecular weight excluding hydrogens is 413 g/mol. The second-order valence-corrected chi connectivity index (χ2v) is 7.98. The highest BCUT2D eigenvalue weighted by atomic mass is 32.2. The molecule has 0 saturated carbocycles. The van der Waals surface area contributed by atoms with Crippen LogP contribution < -0.4 is 4.31 Å². The van der Waals surface area contributed by atoms with Gasteiger partial charge in [-0.3, -0.25) is 10.1 Å². The van der Waals surface area contributed by atoms with Crippen molar-refractivity contribution < 1.29 is 13.2 Å². The molecule has 0 saturated heterocycles. The molecule has 0 spiro atoms. The van der Waals surface area contributed by atoms with E-state index in [0.29, 0.717) is 5.69 Å². The molecule has 4 rings (SSSR count). The first kappa shape index (κ1) is 20.3. The van der Waals surface area contributed by atoms with Gasteiger partial charge in [0.05, 0.1) is 28.0 Å². The molecule has 0 aliphatic carbocycles. The van der Waals surface area contributed by atoms with E-state index in [1.165, 1.54) is 28.3 Å². The van der Waals surface area contributed by atoms with Gasteiger partial charge in [0.2, 0.25) is 0 Å². The van der Waals surface area contributed by atoms with Crippen LogP contribution in [0.4, 0.5) is 18.9 Å². The summed E-state index contributed by atoms with van der Waals surface area (Å²) in [4.78, 5) is 4.19. The van der Waals surface area contributed by atoms with Gasteiger partial charge in [-0.25, -0.2) is 4.68 Å². The number of nitrogens with one attached hydrogen (secondary N) is 1. The third-order valence-corrected chi connectivity index (χ3v) is 5.63. The molecule has 0 radical (unpaired) electrons. The highest BCUT2D eigenvalue weighted by Gasteiger charge is 2.32. The molecule has 3 heterocycles. The molecule has 3 aromatic heterocycles. The smallest absolute Gasteiger partial charge is 0.314 e. The Bertz CT molecular complexity index is 1200. The number of fused-ring (bicyclic) bond motifs is 1.